The molecule has 0 aliphatic carbocycles. The number of aromatic nitrogens is 2. The lowest BCUT2D eigenvalue weighted by Gasteiger charge is -2.12. The van der Waals surface area contributed by atoms with Crippen LogP contribution in [0.25, 0.3) is 0 Å². The Morgan fingerprint density at radius 1 is 1.13 bits per heavy atom. The Kier molecular flexibility index (Phi) is 6.68. The van der Waals surface area contributed by atoms with Gasteiger partial charge in [-0.15, -0.1) is 0 Å². The van der Waals surface area contributed by atoms with Gasteiger partial charge in [-0.1, -0.05) is 42.1 Å². The Bertz CT molecular complexity index is 1110. The maximum absolute atomic E-state index is 12.5. The normalized spacial score (nSPS) is 11.7. The molecule has 0 fully saturated rings. The van der Waals surface area contributed by atoms with Crippen LogP contribution in [0.15, 0.2) is 64.5 Å². The molecule has 0 saturated carbocycles. The third kappa shape index (κ3) is 5.36. The predicted octanol–water partition coefficient (Wildman–Crippen LogP) is 3.21. The molecule has 0 aliphatic rings. The van der Waals surface area contributed by atoms with E-state index in [0.717, 1.165) is 5.56 Å². The molecule has 8 heteroatoms. The van der Waals surface area contributed by atoms with E-state index in [4.69, 9.17) is 5.73 Å². The number of hydrogen-bond acceptors (Lipinski definition) is 5. The fourth-order valence-electron chi connectivity index (χ4n) is 2.89. The largest absolute Gasteiger partial charge is 0.366 e. The number of H-pyrrole nitrogens is 1. The Labute approximate surface area is 178 Å². The van der Waals surface area contributed by atoms with Crippen LogP contribution in [0, 0.1) is 6.92 Å². The van der Waals surface area contributed by atoms with Crippen molar-refractivity contribution in [1.82, 2.24) is 9.97 Å². The summed E-state index contributed by atoms with van der Waals surface area (Å²) >= 11 is 1.45. The number of nitrogens with two attached hydrogens (primary N) is 1. The van der Waals surface area contributed by atoms with Gasteiger partial charge < -0.3 is 16.0 Å². The standard InChI is InChI=1S/C22H22N4O3S/c1-13-18(12-19(27)25-17-10-8-16(9-11-17)20(23)28)21(29)26-22(24-13)30-14(2)15-6-4-3-5-7-15/h3-11,14H,12H2,1-2H3,(H2,23,28)(H,25,27)(H,24,26,29). The maximum Gasteiger partial charge on any atom is 0.255 e. The van der Waals surface area contributed by atoms with Crippen LogP contribution >= 0.6 is 11.8 Å². The summed E-state index contributed by atoms with van der Waals surface area (Å²) in [6.45, 7) is 3.76. The molecule has 0 aliphatic heterocycles. The molecule has 1 atom stereocenters. The van der Waals surface area contributed by atoms with Gasteiger partial charge >= 0.3 is 0 Å². The van der Waals surface area contributed by atoms with Crippen molar-refractivity contribution in [2.45, 2.75) is 30.7 Å². The molecular formula is C22H22N4O3S. The summed E-state index contributed by atoms with van der Waals surface area (Å²) in [4.78, 5) is 43.3. The van der Waals surface area contributed by atoms with Gasteiger partial charge in [0.1, 0.15) is 0 Å². The molecule has 7 nitrogen and oxygen atoms in total. The highest BCUT2D eigenvalue weighted by atomic mass is 32.2. The number of thioether (sulfide) groups is 1. The van der Waals surface area contributed by atoms with Crippen LogP contribution in [-0.2, 0) is 11.2 Å². The van der Waals surface area contributed by atoms with Gasteiger partial charge in [-0.2, -0.15) is 0 Å². The topological polar surface area (TPSA) is 118 Å². The first kappa shape index (κ1) is 21.3. The van der Waals surface area contributed by atoms with Gasteiger partial charge in [0.2, 0.25) is 11.8 Å². The molecule has 3 aromatic rings. The lowest BCUT2D eigenvalue weighted by atomic mass is 10.1. The second kappa shape index (κ2) is 9.41. The number of hydrogen-bond donors (Lipinski definition) is 3. The molecule has 154 valence electrons. The van der Waals surface area contributed by atoms with Crippen LogP contribution in [0.4, 0.5) is 5.69 Å². The highest BCUT2D eigenvalue weighted by Crippen LogP contribution is 2.32. The maximum atomic E-state index is 12.5. The fraction of sp³-hybridized carbons (Fsp3) is 0.182. The summed E-state index contributed by atoms with van der Waals surface area (Å²) < 4.78 is 0. The van der Waals surface area contributed by atoms with Gasteiger partial charge in [-0.05, 0) is 43.7 Å². The monoisotopic (exact) mass is 422 g/mol. The van der Waals surface area contributed by atoms with E-state index in [1.54, 1.807) is 19.1 Å². The van der Waals surface area contributed by atoms with E-state index >= 15 is 0 Å². The molecule has 3 rings (SSSR count). The number of carbonyl (C=O) groups excluding carboxylic acids is 2. The van der Waals surface area contributed by atoms with E-state index < -0.39 is 5.91 Å². The van der Waals surface area contributed by atoms with Gasteiger partial charge in [-0.3, -0.25) is 14.4 Å². The number of aryl methyl sites for hydroxylation is 1. The molecule has 0 bridgehead atoms. The fourth-order valence-corrected chi connectivity index (χ4v) is 3.86. The first-order valence-electron chi connectivity index (χ1n) is 9.34. The minimum atomic E-state index is -0.541. The van der Waals surface area contributed by atoms with Crippen molar-refractivity contribution < 1.29 is 9.59 Å². The quantitative estimate of drug-likeness (QED) is 0.399. The van der Waals surface area contributed by atoms with Crippen LogP contribution in [0.5, 0.6) is 0 Å². The average Bonchev–Trinajstić information content (AvgIpc) is 2.72. The molecule has 0 saturated heterocycles. The minimum Gasteiger partial charge on any atom is -0.366 e. The molecule has 1 aromatic heterocycles. The van der Waals surface area contributed by atoms with Crippen LogP contribution in [0.2, 0.25) is 0 Å². The minimum absolute atomic E-state index is 0.106. The zero-order chi connectivity index (χ0) is 21.7. The third-order valence-corrected chi connectivity index (χ3v) is 5.59. The van der Waals surface area contributed by atoms with E-state index in [-0.39, 0.29) is 23.1 Å². The van der Waals surface area contributed by atoms with Gasteiger partial charge in [-0.25, -0.2) is 4.98 Å². The molecule has 2 aromatic carbocycles. The van der Waals surface area contributed by atoms with Crippen molar-refractivity contribution in [3.63, 3.8) is 0 Å². The van der Waals surface area contributed by atoms with Crippen LogP contribution in [0.1, 0.15) is 39.4 Å². The van der Waals surface area contributed by atoms with E-state index in [9.17, 15) is 14.4 Å². The summed E-state index contributed by atoms with van der Waals surface area (Å²) in [5.41, 5.74) is 7.70. The number of aromatic amines is 1. The van der Waals surface area contributed by atoms with Crippen molar-refractivity contribution in [1.29, 1.82) is 0 Å². The van der Waals surface area contributed by atoms with Crippen LogP contribution < -0.4 is 16.6 Å². The zero-order valence-corrected chi connectivity index (χ0v) is 17.5. The van der Waals surface area contributed by atoms with Gasteiger partial charge in [0.25, 0.3) is 5.56 Å². The Hall–Kier alpha value is -3.39. The Morgan fingerprint density at radius 3 is 2.40 bits per heavy atom. The highest BCUT2D eigenvalue weighted by molar-refractivity contribution is 7.99. The number of amides is 2. The van der Waals surface area contributed by atoms with E-state index in [0.29, 0.717) is 27.7 Å². The number of rotatable bonds is 7. The number of benzene rings is 2. The van der Waals surface area contributed by atoms with Crippen molar-refractivity contribution in [2.75, 3.05) is 5.32 Å². The average molecular weight is 423 g/mol. The Morgan fingerprint density at radius 2 is 1.80 bits per heavy atom. The SMILES string of the molecule is Cc1nc(SC(C)c2ccccc2)[nH]c(=O)c1CC(=O)Nc1ccc(C(N)=O)cc1. The second-order valence-corrected chi connectivity index (χ2v) is 8.10. The molecule has 4 N–H and O–H groups in total. The van der Waals surface area contributed by atoms with Crippen molar-refractivity contribution in [3.8, 4) is 0 Å². The van der Waals surface area contributed by atoms with E-state index in [2.05, 4.69) is 15.3 Å². The first-order valence-corrected chi connectivity index (χ1v) is 10.2. The summed E-state index contributed by atoms with van der Waals surface area (Å²) in [6.07, 6.45) is -0.106. The second-order valence-electron chi connectivity index (χ2n) is 6.77. The lowest BCUT2D eigenvalue weighted by Crippen LogP contribution is -2.24. The summed E-state index contributed by atoms with van der Waals surface area (Å²) in [6, 6.07) is 16.2. The lowest BCUT2D eigenvalue weighted by molar-refractivity contribution is -0.115. The molecule has 30 heavy (non-hydrogen) atoms. The summed E-state index contributed by atoms with van der Waals surface area (Å²) in [5.74, 6) is -0.893. The van der Waals surface area contributed by atoms with Crippen LogP contribution in [0.3, 0.4) is 0 Å². The van der Waals surface area contributed by atoms with E-state index in [1.807, 2.05) is 37.3 Å². The third-order valence-electron chi connectivity index (χ3n) is 4.55. The number of nitrogens with zero attached hydrogens (tertiary/aromatic N) is 1. The molecule has 0 spiro atoms. The number of nitrogens with one attached hydrogen (secondary N) is 2. The van der Waals surface area contributed by atoms with Gasteiger partial charge in [0, 0.05) is 27.8 Å². The number of primary amides is 1. The van der Waals surface area contributed by atoms with Gasteiger partial charge in [0.05, 0.1) is 6.42 Å². The highest BCUT2D eigenvalue weighted by Gasteiger charge is 2.15. The van der Waals surface area contributed by atoms with Crippen molar-refractivity contribution >= 4 is 29.3 Å². The zero-order valence-electron chi connectivity index (χ0n) is 16.6. The smallest absolute Gasteiger partial charge is 0.255 e. The Balaban J connectivity index is 1.68. The molecule has 0 radical (unpaired) electrons. The van der Waals surface area contributed by atoms with E-state index in [1.165, 1.54) is 23.9 Å². The van der Waals surface area contributed by atoms with Gasteiger partial charge in [0.15, 0.2) is 5.16 Å². The van der Waals surface area contributed by atoms with Crippen molar-refractivity contribution in [3.05, 3.63) is 87.3 Å². The first-order chi connectivity index (χ1) is 14.3. The molecule has 1 unspecified atom stereocenters. The summed E-state index contributed by atoms with van der Waals surface area (Å²) in [7, 11) is 0. The van der Waals surface area contributed by atoms with Crippen LogP contribution in [-0.4, -0.2) is 21.8 Å². The predicted molar refractivity (Wildman–Crippen MR) is 118 cm³/mol. The molecule has 2 amide bonds. The summed E-state index contributed by atoms with van der Waals surface area (Å²) in [5, 5.41) is 3.33. The van der Waals surface area contributed by atoms with Crippen molar-refractivity contribution in [2.24, 2.45) is 5.73 Å². The molecule has 1 heterocycles. The molecular weight excluding hydrogens is 400 g/mol. The number of carbonyl (C=O) groups is 2. The number of anilines is 1.